The Morgan fingerprint density at radius 2 is 1.94 bits per heavy atom. The maximum absolute atomic E-state index is 13.3. The normalized spacial score (nSPS) is 21.8. The minimum Gasteiger partial charge on any atom is -0.490 e. The summed E-state index contributed by atoms with van der Waals surface area (Å²) in [5.41, 5.74) is 1.85. The van der Waals surface area contributed by atoms with E-state index in [9.17, 15) is 14.4 Å². The number of rotatable bonds is 5. The molecule has 9 heteroatoms. The number of benzene rings is 2. The standard InChI is InChI=1S/C25H29N3O6/c1-28-20-10-9-18(13-23(29)32-2)34-22(20)15-33-21-11-8-17(12-19(21)24(28)30)27-25(31)26-14-16-6-4-3-5-7-16/h3-8,11-12,18,20,22H,9-10,13-15H2,1-2H3,(H2,26,27,31)/t18-,20-,22-/m1/s1. The van der Waals surface area contributed by atoms with Crippen molar-refractivity contribution in [3.63, 3.8) is 0 Å². The first kappa shape index (κ1) is 23.6. The van der Waals surface area contributed by atoms with Crippen LogP contribution in [0.1, 0.15) is 35.2 Å². The van der Waals surface area contributed by atoms with E-state index in [0.29, 0.717) is 36.4 Å². The number of amides is 3. The molecule has 0 unspecified atom stereocenters. The number of nitrogens with zero attached hydrogens (tertiary/aromatic N) is 1. The number of hydrogen-bond donors (Lipinski definition) is 2. The molecule has 9 nitrogen and oxygen atoms in total. The molecule has 0 saturated carbocycles. The van der Waals surface area contributed by atoms with Gasteiger partial charge in [0.15, 0.2) is 0 Å². The third-order valence-corrected chi connectivity index (χ3v) is 6.19. The second kappa shape index (κ2) is 10.6. The van der Waals surface area contributed by atoms with Crippen molar-refractivity contribution < 1.29 is 28.6 Å². The van der Waals surface area contributed by atoms with E-state index < -0.39 is 0 Å². The molecular weight excluding hydrogens is 438 g/mol. The number of likely N-dealkylation sites (N-methyl/N-ethyl adjacent to an activating group) is 1. The summed E-state index contributed by atoms with van der Waals surface area (Å²) in [4.78, 5) is 38.9. The van der Waals surface area contributed by atoms with Crippen molar-refractivity contribution in [2.45, 2.75) is 44.1 Å². The molecule has 0 aromatic heterocycles. The highest BCUT2D eigenvalue weighted by Gasteiger charge is 2.39. The predicted octanol–water partition coefficient (Wildman–Crippen LogP) is 2.95. The number of methoxy groups -OCH3 is 1. The van der Waals surface area contributed by atoms with Gasteiger partial charge in [0.05, 0.1) is 31.2 Å². The van der Waals surface area contributed by atoms with Gasteiger partial charge in [-0.2, -0.15) is 0 Å². The van der Waals surface area contributed by atoms with E-state index in [4.69, 9.17) is 14.2 Å². The van der Waals surface area contributed by atoms with E-state index in [-0.39, 0.29) is 49.2 Å². The van der Waals surface area contributed by atoms with Gasteiger partial charge in [0, 0.05) is 19.3 Å². The number of ether oxygens (including phenoxy) is 3. The van der Waals surface area contributed by atoms with Gasteiger partial charge in [0.2, 0.25) is 0 Å². The van der Waals surface area contributed by atoms with Gasteiger partial charge >= 0.3 is 12.0 Å². The van der Waals surface area contributed by atoms with Crippen LogP contribution >= 0.6 is 0 Å². The fraction of sp³-hybridized carbons (Fsp3) is 0.400. The summed E-state index contributed by atoms with van der Waals surface area (Å²) in [6, 6.07) is 14.0. The van der Waals surface area contributed by atoms with Crippen molar-refractivity contribution in [2.75, 3.05) is 26.1 Å². The smallest absolute Gasteiger partial charge is 0.319 e. The Bertz CT molecular complexity index is 1040. The van der Waals surface area contributed by atoms with Crippen LogP contribution in [0.5, 0.6) is 5.75 Å². The molecule has 3 amide bonds. The molecule has 3 atom stereocenters. The molecule has 2 aromatic rings. The van der Waals surface area contributed by atoms with Crippen LogP contribution in [0, 0.1) is 0 Å². The topological polar surface area (TPSA) is 106 Å². The van der Waals surface area contributed by atoms with Crippen molar-refractivity contribution >= 4 is 23.6 Å². The predicted molar refractivity (Wildman–Crippen MR) is 125 cm³/mol. The number of carbonyl (C=O) groups excluding carboxylic acids is 3. The van der Waals surface area contributed by atoms with Crippen molar-refractivity contribution in [1.82, 2.24) is 10.2 Å². The summed E-state index contributed by atoms with van der Waals surface area (Å²) in [5.74, 6) is -0.116. The Kier molecular flexibility index (Phi) is 7.32. The van der Waals surface area contributed by atoms with Gasteiger partial charge in [-0.25, -0.2) is 4.79 Å². The van der Waals surface area contributed by atoms with Crippen molar-refractivity contribution in [3.05, 3.63) is 59.7 Å². The van der Waals surface area contributed by atoms with E-state index in [1.807, 2.05) is 30.3 Å². The van der Waals surface area contributed by atoms with E-state index in [2.05, 4.69) is 10.6 Å². The summed E-state index contributed by atoms with van der Waals surface area (Å²) in [5, 5.41) is 5.58. The average molecular weight is 468 g/mol. The Morgan fingerprint density at radius 3 is 2.71 bits per heavy atom. The minimum absolute atomic E-state index is 0.176. The van der Waals surface area contributed by atoms with Crippen molar-refractivity contribution in [3.8, 4) is 5.75 Å². The molecule has 1 fully saturated rings. The lowest BCUT2D eigenvalue weighted by Gasteiger charge is -2.42. The molecule has 2 N–H and O–H groups in total. The summed E-state index contributed by atoms with van der Waals surface area (Å²) in [6.07, 6.45) is 0.888. The van der Waals surface area contributed by atoms with Crippen LogP contribution < -0.4 is 15.4 Å². The fourth-order valence-corrected chi connectivity index (χ4v) is 4.33. The largest absolute Gasteiger partial charge is 0.490 e. The quantitative estimate of drug-likeness (QED) is 0.655. The molecule has 1 saturated heterocycles. The first-order valence-corrected chi connectivity index (χ1v) is 11.3. The SMILES string of the molecule is COC(=O)C[C@H]1CC[C@@H]2[C@@H](COc3ccc(NC(=O)NCc4ccccc4)cc3C(=O)N2C)O1. The zero-order valence-corrected chi connectivity index (χ0v) is 19.3. The molecule has 180 valence electrons. The van der Waals surface area contributed by atoms with Gasteiger partial charge in [-0.1, -0.05) is 30.3 Å². The molecule has 4 rings (SSSR count). The van der Waals surface area contributed by atoms with E-state index in [1.54, 1.807) is 30.1 Å². The first-order chi connectivity index (χ1) is 16.4. The van der Waals surface area contributed by atoms with E-state index in [0.717, 1.165) is 5.56 Å². The Labute approximate surface area is 198 Å². The van der Waals surface area contributed by atoms with Gasteiger partial charge < -0.3 is 29.7 Å². The molecule has 2 aliphatic heterocycles. The average Bonchev–Trinajstić information content (AvgIpc) is 2.86. The number of fused-ring (bicyclic) bond motifs is 2. The zero-order chi connectivity index (χ0) is 24.1. The lowest BCUT2D eigenvalue weighted by molar-refractivity contribution is -0.151. The van der Waals surface area contributed by atoms with Crippen LogP contribution in [-0.4, -0.2) is 61.8 Å². The lowest BCUT2D eigenvalue weighted by Crippen LogP contribution is -2.53. The van der Waals surface area contributed by atoms with Crippen LogP contribution in [0.3, 0.4) is 0 Å². The third kappa shape index (κ3) is 5.48. The van der Waals surface area contributed by atoms with Gasteiger partial charge in [-0.3, -0.25) is 9.59 Å². The third-order valence-electron chi connectivity index (χ3n) is 6.19. The zero-order valence-electron chi connectivity index (χ0n) is 19.3. The number of anilines is 1. The van der Waals surface area contributed by atoms with E-state index >= 15 is 0 Å². The molecule has 0 radical (unpaired) electrons. The number of hydrogen-bond acceptors (Lipinski definition) is 6. The van der Waals surface area contributed by atoms with Crippen LogP contribution in [0.15, 0.2) is 48.5 Å². The molecule has 34 heavy (non-hydrogen) atoms. The maximum atomic E-state index is 13.3. The highest BCUT2D eigenvalue weighted by atomic mass is 16.5. The number of esters is 1. The monoisotopic (exact) mass is 467 g/mol. The molecular formula is C25H29N3O6. The molecule has 0 bridgehead atoms. The molecule has 2 aliphatic rings. The van der Waals surface area contributed by atoms with E-state index in [1.165, 1.54) is 7.11 Å². The Morgan fingerprint density at radius 1 is 1.15 bits per heavy atom. The van der Waals surface area contributed by atoms with Crippen LogP contribution in [0.4, 0.5) is 10.5 Å². The van der Waals surface area contributed by atoms with Gasteiger partial charge in [-0.05, 0) is 36.6 Å². The molecule has 2 heterocycles. The second-order valence-corrected chi connectivity index (χ2v) is 8.45. The van der Waals surface area contributed by atoms with Crippen LogP contribution in [0.2, 0.25) is 0 Å². The fourth-order valence-electron chi connectivity index (χ4n) is 4.33. The molecule has 2 aromatic carbocycles. The first-order valence-electron chi connectivity index (χ1n) is 11.3. The van der Waals surface area contributed by atoms with Gasteiger partial charge in [0.25, 0.3) is 5.91 Å². The van der Waals surface area contributed by atoms with Crippen LogP contribution in [0.25, 0.3) is 0 Å². The lowest BCUT2D eigenvalue weighted by atomic mass is 9.94. The Balaban J connectivity index is 1.43. The summed E-state index contributed by atoms with van der Waals surface area (Å²) >= 11 is 0. The number of nitrogens with one attached hydrogen (secondary N) is 2. The van der Waals surface area contributed by atoms with Gasteiger partial charge in [0.1, 0.15) is 18.5 Å². The molecule has 0 aliphatic carbocycles. The Hall–Kier alpha value is -3.59. The van der Waals surface area contributed by atoms with Gasteiger partial charge in [-0.15, -0.1) is 0 Å². The summed E-state index contributed by atoms with van der Waals surface area (Å²) in [6.45, 7) is 0.639. The number of urea groups is 1. The maximum Gasteiger partial charge on any atom is 0.319 e. The number of carbonyl (C=O) groups is 3. The highest BCUT2D eigenvalue weighted by molar-refractivity contribution is 5.99. The minimum atomic E-state index is -0.367. The summed E-state index contributed by atoms with van der Waals surface area (Å²) < 4.78 is 16.8. The second-order valence-electron chi connectivity index (χ2n) is 8.45. The summed E-state index contributed by atoms with van der Waals surface area (Å²) in [7, 11) is 3.10. The van der Waals surface area contributed by atoms with Crippen molar-refractivity contribution in [2.24, 2.45) is 0 Å². The van der Waals surface area contributed by atoms with Crippen LogP contribution in [-0.2, 0) is 20.8 Å². The highest BCUT2D eigenvalue weighted by Crippen LogP contribution is 2.32. The molecule has 0 spiro atoms. The van der Waals surface area contributed by atoms with Crippen molar-refractivity contribution in [1.29, 1.82) is 0 Å².